The van der Waals surface area contributed by atoms with E-state index in [-0.39, 0.29) is 0 Å². The molecule has 1 aromatic carbocycles. The molecule has 0 aliphatic rings. The molecule has 0 heterocycles. The van der Waals surface area contributed by atoms with Gasteiger partial charge in [-0.05, 0) is 37.0 Å². The number of carbonyl (C=O) groups is 1. The van der Waals surface area contributed by atoms with Gasteiger partial charge in [0.1, 0.15) is 0 Å². The third-order valence-corrected chi connectivity index (χ3v) is 2.28. The lowest BCUT2D eigenvalue weighted by molar-refractivity contribution is 0.249. The Morgan fingerprint density at radius 3 is 2.64 bits per heavy atom. The average molecular weight is 192 g/mol. The monoisotopic (exact) mass is 192 g/mol. The van der Waals surface area contributed by atoms with Crippen LogP contribution >= 0.6 is 0 Å². The number of amides is 2. The summed E-state index contributed by atoms with van der Waals surface area (Å²) < 4.78 is 0. The second-order valence-electron chi connectivity index (χ2n) is 3.46. The van der Waals surface area contributed by atoms with Crippen LogP contribution in [0.3, 0.4) is 0 Å². The van der Waals surface area contributed by atoms with Crippen molar-refractivity contribution in [3.05, 3.63) is 34.9 Å². The van der Waals surface area contributed by atoms with Gasteiger partial charge < -0.3 is 11.1 Å². The van der Waals surface area contributed by atoms with E-state index < -0.39 is 6.03 Å². The number of primary amides is 1. The van der Waals surface area contributed by atoms with Crippen LogP contribution < -0.4 is 11.1 Å². The Morgan fingerprint density at radius 1 is 1.36 bits per heavy atom. The van der Waals surface area contributed by atoms with Crippen molar-refractivity contribution >= 4 is 6.03 Å². The fraction of sp³-hybridized carbons (Fsp3) is 0.364. The van der Waals surface area contributed by atoms with Crippen molar-refractivity contribution < 1.29 is 4.79 Å². The summed E-state index contributed by atoms with van der Waals surface area (Å²) in [6, 6.07) is 5.84. The SMILES string of the molecule is Cc1ccc(CCNC(N)=O)cc1C. The van der Waals surface area contributed by atoms with Gasteiger partial charge in [-0.3, -0.25) is 0 Å². The number of hydrogen-bond donors (Lipinski definition) is 2. The zero-order valence-electron chi connectivity index (χ0n) is 8.63. The van der Waals surface area contributed by atoms with E-state index in [1.54, 1.807) is 0 Å². The molecule has 0 aliphatic carbocycles. The molecular formula is C11H16N2O. The lowest BCUT2D eigenvalue weighted by Crippen LogP contribution is -2.30. The summed E-state index contributed by atoms with van der Waals surface area (Å²) in [5.74, 6) is 0. The van der Waals surface area contributed by atoms with Crippen molar-refractivity contribution in [2.24, 2.45) is 5.73 Å². The van der Waals surface area contributed by atoms with Crippen LogP contribution in [0, 0.1) is 13.8 Å². The maximum atomic E-state index is 10.4. The smallest absolute Gasteiger partial charge is 0.312 e. The number of carbonyl (C=O) groups excluding carboxylic acids is 1. The number of urea groups is 1. The van der Waals surface area contributed by atoms with Crippen molar-refractivity contribution in [1.82, 2.24) is 5.32 Å². The molecule has 76 valence electrons. The predicted octanol–water partition coefficient (Wildman–Crippen LogP) is 1.51. The van der Waals surface area contributed by atoms with Crippen LogP contribution in [0.5, 0.6) is 0 Å². The van der Waals surface area contributed by atoms with Gasteiger partial charge in [0.05, 0.1) is 0 Å². The molecule has 1 rings (SSSR count). The van der Waals surface area contributed by atoms with Crippen molar-refractivity contribution in [2.75, 3.05) is 6.54 Å². The summed E-state index contributed by atoms with van der Waals surface area (Å²) in [4.78, 5) is 10.4. The molecule has 0 aromatic heterocycles. The van der Waals surface area contributed by atoms with Gasteiger partial charge in [0.15, 0.2) is 0 Å². The summed E-state index contributed by atoms with van der Waals surface area (Å²) >= 11 is 0. The second-order valence-corrected chi connectivity index (χ2v) is 3.46. The first-order valence-corrected chi connectivity index (χ1v) is 4.69. The Kier molecular flexibility index (Phi) is 3.51. The Balaban J connectivity index is 2.51. The summed E-state index contributed by atoms with van der Waals surface area (Å²) in [5, 5.41) is 2.57. The zero-order valence-corrected chi connectivity index (χ0v) is 8.63. The highest BCUT2D eigenvalue weighted by molar-refractivity contribution is 5.71. The largest absolute Gasteiger partial charge is 0.352 e. The number of nitrogens with two attached hydrogens (primary N) is 1. The Morgan fingerprint density at radius 2 is 2.07 bits per heavy atom. The Labute approximate surface area is 84.3 Å². The molecule has 3 nitrogen and oxygen atoms in total. The topological polar surface area (TPSA) is 55.1 Å². The molecule has 0 unspecified atom stereocenters. The molecule has 0 spiro atoms. The number of aryl methyl sites for hydroxylation is 2. The molecule has 1 aromatic rings. The van der Waals surface area contributed by atoms with Gasteiger partial charge >= 0.3 is 6.03 Å². The van der Waals surface area contributed by atoms with Gasteiger partial charge in [-0.1, -0.05) is 18.2 Å². The van der Waals surface area contributed by atoms with E-state index >= 15 is 0 Å². The molecule has 0 saturated carbocycles. The molecule has 3 N–H and O–H groups in total. The standard InChI is InChI=1S/C11H16N2O/c1-8-3-4-10(7-9(8)2)5-6-13-11(12)14/h3-4,7H,5-6H2,1-2H3,(H3,12,13,14). The molecule has 0 bridgehead atoms. The fourth-order valence-corrected chi connectivity index (χ4v) is 1.29. The minimum Gasteiger partial charge on any atom is -0.352 e. The van der Waals surface area contributed by atoms with Gasteiger partial charge in [0.25, 0.3) is 0 Å². The molecule has 2 amide bonds. The molecule has 0 aliphatic heterocycles. The number of benzene rings is 1. The van der Waals surface area contributed by atoms with E-state index in [4.69, 9.17) is 5.73 Å². The maximum absolute atomic E-state index is 10.4. The summed E-state index contributed by atoms with van der Waals surface area (Å²) in [6.45, 7) is 4.76. The first-order valence-electron chi connectivity index (χ1n) is 4.69. The minimum atomic E-state index is -0.464. The van der Waals surface area contributed by atoms with E-state index in [0.29, 0.717) is 6.54 Å². The van der Waals surface area contributed by atoms with Crippen LogP contribution in [-0.2, 0) is 6.42 Å². The number of nitrogens with one attached hydrogen (secondary N) is 1. The molecule has 0 saturated heterocycles. The van der Waals surface area contributed by atoms with Crippen LogP contribution in [0.2, 0.25) is 0 Å². The molecule has 0 atom stereocenters. The minimum absolute atomic E-state index is 0.464. The summed E-state index contributed by atoms with van der Waals surface area (Å²) in [6.07, 6.45) is 0.823. The summed E-state index contributed by atoms with van der Waals surface area (Å²) in [5.41, 5.74) is 8.75. The van der Waals surface area contributed by atoms with Crippen LogP contribution in [0.4, 0.5) is 4.79 Å². The molecule has 0 fully saturated rings. The van der Waals surface area contributed by atoms with Crippen molar-refractivity contribution in [1.29, 1.82) is 0 Å². The molecule has 14 heavy (non-hydrogen) atoms. The number of rotatable bonds is 3. The highest BCUT2D eigenvalue weighted by Gasteiger charge is 1.97. The average Bonchev–Trinajstić information content (AvgIpc) is 2.10. The first-order chi connectivity index (χ1) is 6.59. The van der Waals surface area contributed by atoms with Gasteiger partial charge in [-0.15, -0.1) is 0 Å². The fourth-order valence-electron chi connectivity index (χ4n) is 1.29. The van der Waals surface area contributed by atoms with Crippen LogP contribution in [0.15, 0.2) is 18.2 Å². The van der Waals surface area contributed by atoms with Gasteiger partial charge in [-0.25, -0.2) is 4.79 Å². The maximum Gasteiger partial charge on any atom is 0.312 e. The van der Waals surface area contributed by atoms with E-state index in [0.717, 1.165) is 6.42 Å². The van der Waals surface area contributed by atoms with Crippen molar-refractivity contribution in [3.63, 3.8) is 0 Å². The third kappa shape index (κ3) is 3.09. The predicted molar refractivity (Wildman–Crippen MR) is 57.2 cm³/mol. The molecule has 0 radical (unpaired) electrons. The van der Waals surface area contributed by atoms with E-state index in [9.17, 15) is 4.79 Å². The van der Waals surface area contributed by atoms with Crippen LogP contribution in [-0.4, -0.2) is 12.6 Å². The first kappa shape index (κ1) is 10.6. The van der Waals surface area contributed by atoms with E-state index in [1.165, 1.54) is 16.7 Å². The quantitative estimate of drug-likeness (QED) is 0.749. The zero-order chi connectivity index (χ0) is 10.6. The van der Waals surface area contributed by atoms with E-state index in [1.807, 2.05) is 0 Å². The van der Waals surface area contributed by atoms with Crippen LogP contribution in [0.1, 0.15) is 16.7 Å². The molecule has 3 heteroatoms. The third-order valence-electron chi connectivity index (χ3n) is 2.28. The second kappa shape index (κ2) is 4.65. The van der Waals surface area contributed by atoms with Crippen molar-refractivity contribution in [3.8, 4) is 0 Å². The van der Waals surface area contributed by atoms with Gasteiger partial charge in [0.2, 0.25) is 0 Å². The lowest BCUT2D eigenvalue weighted by atomic mass is 10.0. The number of hydrogen-bond acceptors (Lipinski definition) is 1. The lowest BCUT2D eigenvalue weighted by Gasteiger charge is -2.05. The van der Waals surface area contributed by atoms with Gasteiger partial charge in [0, 0.05) is 6.54 Å². The van der Waals surface area contributed by atoms with Gasteiger partial charge in [-0.2, -0.15) is 0 Å². The summed E-state index contributed by atoms with van der Waals surface area (Å²) in [7, 11) is 0. The van der Waals surface area contributed by atoms with Crippen molar-refractivity contribution in [2.45, 2.75) is 20.3 Å². The molecular weight excluding hydrogens is 176 g/mol. The highest BCUT2D eigenvalue weighted by atomic mass is 16.2. The van der Waals surface area contributed by atoms with E-state index in [2.05, 4.69) is 37.4 Å². The Bertz CT molecular complexity index is 334. The Hall–Kier alpha value is -1.51. The van der Waals surface area contributed by atoms with Crippen LogP contribution in [0.25, 0.3) is 0 Å². The highest BCUT2D eigenvalue weighted by Crippen LogP contribution is 2.09. The normalized spacial score (nSPS) is 9.86.